The van der Waals surface area contributed by atoms with Gasteiger partial charge in [0.05, 0.1) is 0 Å². The average Bonchev–Trinajstić information content (AvgIpc) is 2.33. The highest BCUT2D eigenvalue weighted by molar-refractivity contribution is 7.99. The molecule has 1 fully saturated rings. The van der Waals surface area contributed by atoms with E-state index in [2.05, 4.69) is 25.0 Å². The van der Waals surface area contributed by atoms with Crippen LogP contribution in [0.5, 0.6) is 0 Å². The second-order valence-electron chi connectivity index (χ2n) is 6.55. The van der Waals surface area contributed by atoms with Crippen LogP contribution in [0, 0.1) is 5.92 Å². The maximum Gasteiger partial charge on any atom is 0.223 e. The number of thioether (sulfide) groups is 1. The lowest BCUT2D eigenvalue weighted by Crippen LogP contribution is -2.33. The largest absolute Gasteiger partial charge is 0.355 e. The van der Waals surface area contributed by atoms with Gasteiger partial charge in [-0.1, -0.05) is 38.9 Å². The molecule has 106 valence electrons. The summed E-state index contributed by atoms with van der Waals surface area (Å²) in [4.78, 5) is 11.9. The van der Waals surface area contributed by atoms with Crippen LogP contribution in [0.4, 0.5) is 0 Å². The van der Waals surface area contributed by atoms with E-state index in [4.69, 9.17) is 0 Å². The van der Waals surface area contributed by atoms with E-state index in [9.17, 15) is 4.79 Å². The molecule has 1 saturated carbocycles. The van der Waals surface area contributed by atoms with Crippen molar-refractivity contribution in [1.82, 2.24) is 5.32 Å². The Bertz CT molecular complexity index is 247. The van der Waals surface area contributed by atoms with E-state index in [1.54, 1.807) is 0 Å². The fourth-order valence-corrected chi connectivity index (χ4v) is 5.71. The molecule has 1 aliphatic rings. The quantitative estimate of drug-likeness (QED) is 0.571. The molecular weight excluding hydrogens is 258 g/mol. The lowest BCUT2D eigenvalue weighted by atomic mass is 9.89. The Morgan fingerprint density at radius 3 is 2.44 bits per heavy atom. The molecule has 0 aromatic heterocycles. The first-order valence-electron chi connectivity index (χ1n) is 7.34. The molecule has 1 amide bonds. The number of rotatable bonds is 7. The molecule has 0 atom stereocenters. The normalized spacial score (nSPS) is 17.7. The molecule has 18 heavy (non-hydrogen) atoms. The van der Waals surface area contributed by atoms with Gasteiger partial charge in [-0.25, -0.2) is 0 Å². The van der Waals surface area contributed by atoms with Crippen molar-refractivity contribution in [3.8, 4) is 0 Å². The third-order valence-corrected chi connectivity index (χ3v) is 6.62. The van der Waals surface area contributed by atoms with Crippen LogP contribution in [-0.4, -0.2) is 32.0 Å². The number of hydrogen-bond acceptors (Lipinski definition) is 2. The number of carbonyl (C=O) groups excluding carboxylic acids is 1. The van der Waals surface area contributed by atoms with Crippen LogP contribution < -0.4 is 5.32 Å². The van der Waals surface area contributed by atoms with Crippen molar-refractivity contribution in [2.24, 2.45) is 5.92 Å². The summed E-state index contributed by atoms with van der Waals surface area (Å²) in [6, 6.07) is 1.38. The highest BCUT2D eigenvalue weighted by Gasteiger charge is 2.20. The molecule has 0 bridgehead atoms. The summed E-state index contributed by atoms with van der Waals surface area (Å²) in [5.74, 6) is 2.95. The van der Waals surface area contributed by atoms with Crippen LogP contribution in [0.15, 0.2) is 0 Å². The second kappa shape index (κ2) is 8.26. The molecule has 0 unspecified atom stereocenters. The van der Waals surface area contributed by atoms with Crippen molar-refractivity contribution < 1.29 is 4.79 Å². The van der Waals surface area contributed by atoms with Crippen molar-refractivity contribution in [3.63, 3.8) is 0 Å². The molecule has 2 nitrogen and oxygen atoms in total. The average molecular weight is 288 g/mol. The van der Waals surface area contributed by atoms with E-state index in [-0.39, 0.29) is 0 Å². The smallest absolute Gasteiger partial charge is 0.223 e. The minimum absolute atomic E-state index is 0.306. The molecule has 0 heterocycles. The van der Waals surface area contributed by atoms with E-state index >= 15 is 0 Å². The van der Waals surface area contributed by atoms with Gasteiger partial charge in [-0.05, 0) is 24.6 Å². The van der Waals surface area contributed by atoms with Crippen molar-refractivity contribution in [1.29, 1.82) is 0 Å². The van der Waals surface area contributed by atoms with Gasteiger partial charge >= 0.3 is 0 Å². The number of hydrogen-bond donors (Lipinski definition) is 1. The van der Waals surface area contributed by atoms with Gasteiger partial charge in [-0.3, -0.25) is 4.79 Å². The zero-order chi connectivity index (χ0) is 13.4. The van der Waals surface area contributed by atoms with E-state index in [0.29, 0.717) is 11.8 Å². The van der Waals surface area contributed by atoms with Crippen molar-refractivity contribution >= 4 is 25.7 Å². The van der Waals surface area contributed by atoms with Gasteiger partial charge in [0, 0.05) is 26.3 Å². The Balaban J connectivity index is 1.98. The van der Waals surface area contributed by atoms with Gasteiger partial charge in [0.1, 0.15) is 0 Å². The lowest BCUT2D eigenvalue weighted by molar-refractivity contribution is -0.125. The molecule has 0 saturated heterocycles. The Morgan fingerprint density at radius 1 is 1.17 bits per heavy atom. The molecule has 1 rings (SSSR count). The molecular formula is C14H29NOSSi. The summed E-state index contributed by atoms with van der Waals surface area (Å²) in [5, 5.41) is 3.10. The van der Waals surface area contributed by atoms with Crippen LogP contribution >= 0.6 is 11.8 Å². The Kier molecular flexibility index (Phi) is 7.38. The molecule has 4 heteroatoms. The minimum atomic E-state index is -0.874. The molecule has 0 spiro atoms. The molecule has 0 aromatic rings. The first-order valence-corrected chi connectivity index (χ1v) is 12.2. The summed E-state index contributed by atoms with van der Waals surface area (Å²) in [5.41, 5.74) is 0. The predicted octanol–water partition coefficient (Wildman–Crippen LogP) is 3.75. The number of amides is 1. The molecule has 0 radical (unpaired) electrons. The van der Waals surface area contributed by atoms with Gasteiger partial charge in [-0.15, -0.1) is 0 Å². The van der Waals surface area contributed by atoms with E-state index in [1.807, 2.05) is 11.8 Å². The second-order valence-corrected chi connectivity index (χ2v) is 13.4. The fourth-order valence-electron chi connectivity index (χ4n) is 2.24. The summed E-state index contributed by atoms with van der Waals surface area (Å²) >= 11 is 1.99. The monoisotopic (exact) mass is 287 g/mol. The van der Waals surface area contributed by atoms with Crippen LogP contribution in [0.25, 0.3) is 0 Å². The number of carbonyl (C=O) groups is 1. The molecule has 1 aliphatic carbocycles. The van der Waals surface area contributed by atoms with E-state index in [0.717, 1.165) is 25.1 Å². The Morgan fingerprint density at radius 2 is 1.83 bits per heavy atom. The zero-order valence-electron chi connectivity index (χ0n) is 12.3. The zero-order valence-corrected chi connectivity index (χ0v) is 14.1. The Labute approximate surface area is 118 Å². The van der Waals surface area contributed by atoms with Crippen LogP contribution in [0.3, 0.4) is 0 Å². The topological polar surface area (TPSA) is 29.1 Å². The van der Waals surface area contributed by atoms with Gasteiger partial charge in [-0.2, -0.15) is 11.8 Å². The fraction of sp³-hybridized carbons (Fsp3) is 0.929. The lowest BCUT2D eigenvalue weighted by Gasteiger charge is -2.20. The van der Waals surface area contributed by atoms with E-state index in [1.165, 1.54) is 31.1 Å². The third kappa shape index (κ3) is 7.47. The Hall–Kier alpha value is 0.0369. The van der Waals surface area contributed by atoms with Crippen molar-refractivity contribution in [2.75, 3.05) is 18.1 Å². The molecule has 1 N–H and O–H groups in total. The van der Waals surface area contributed by atoms with Gasteiger partial charge in [0.2, 0.25) is 5.91 Å². The predicted molar refractivity (Wildman–Crippen MR) is 85.1 cm³/mol. The first-order chi connectivity index (χ1) is 8.49. The van der Waals surface area contributed by atoms with E-state index < -0.39 is 8.07 Å². The van der Waals surface area contributed by atoms with Gasteiger partial charge < -0.3 is 5.32 Å². The highest BCUT2D eigenvalue weighted by Crippen LogP contribution is 2.23. The van der Waals surface area contributed by atoms with Crippen molar-refractivity contribution in [3.05, 3.63) is 0 Å². The first kappa shape index (κ1) is 16.1. The molecule has 0 aliphatic heterocycles. The van der Waals surface area contributed by atoms with Crippen molar-refractivity contribution in [2.45, 2.75) is 57.8 Å². The van der Waals surface area contributed by atoms with Gasteiger partial charge in [0.25, 0.3) is 0 Å². The van der Waals surface area contributed by atoms with Crippen LogP contribution in [-0.2, 0) is 4.79 Å². The maximum absolute atomic E-state index is 11.9. The summed E-state index contributed by atoms with van der Waals surface area (Å²) in [6.45, 7) is 8.10. The summed E-state index contributed by atoms with van der Waals surface area (Å²) < 4.78 is 0. The van der Waals surface area contributed by atoms with Crippen LogP contribution in [0.1, 0.15) is 32.1 Å². The minimum Gasteiger partial charge on any atom is -0.355 e. The number of nitrogens with one attached hydrogen (secondary N) is 1. The maximum atomic E-state index is 11.9. The summed E-state index contributed by atoms with van der Waals surface area (Å²) in [7, 11) is -0.874. The SMILES string of the molecule is C[Si](C)(C)CCSCCNC(=O)C1CCCCC1. The summed E-state index contributed by atoms with van der Waals surface area (Å²) in [6.07, 6.45) is 6.01. The molecule has 0 aromatic carbocycles. The third-order valence-electron chi connectivity index (χ3n) is 3.52. The highest BCUT2D eigenvalue weighted by atomic mass is 32.2. The van der Waals surface area contributed by atoms with Gasteiger partial charge in [0.15, 0.2) is 0 Å². The standard InChI is InChI=1S/C14H29NOSSi/c1-18(2,3)12-11-17-10-9-15-14(16)13-7-5-4-6-8-13/h13H,4-12H2,1-3H3,(H,15,16). The van der Waals surface area contributed by atoms with Crippen LogP contribution in [0.2, 0.25) is 25.7 Å².